The molecule has 0 saturated heterocycles. The Morgan fingerprint density at radius 3 is 2.22 bits per heavy atom. The maximum absolute atomic E-state index is 8.91. The predicted octanol–water partition coefficient (Wildman–Crippen LogP) is 4.19. The van der Waals surface area contributed by atoms with E-state index >= 15 is 0 Å². The lowest BCUT2D eigenvalue weighted by Crippen LogP contribution is -1.75. The van der Waals surface area contributed by atoms with Gasteiger partial charge in [-0.3, -0.25) is 9.97 Å². The van der Waals surface area contributed by atoms with E-state index in [0.717, 1.165) is 0 Å². The van der Waals surface area contributed by atoms with Gasteiger partial charge in [-0.25, -0.2) is 0 Å². The molecule has 1 rings (SSSR count). The molecule has 0 aromatic carbocycles. The molecule has 0 amide bonds. The molecule has 23 heavy (non-hydrogen) atoms. The molecule has 0 unspecified atom stereocenters. The van der Waals surface area contributed by atoms with Crippen LogP contribution in [-0.2, 0) is 0 Å². The minimum atomic E-state index is 0. The molecule has 0 bridgehead atoms. The van der Waals surface area contributed by atoms with Gasteiger partial charge in [-0.15, -0.1) is 12.4 Å². The molecule has 0 aliphatic carbocycles. The maximum atomic E-state index is 8.91. The van der Waals surface area contributed by atoms with Gasteiger partial charge in [0.15, 0.2) is 0 Å². The summed E-state index contributed by atoms with van der Waals surface area (Å²) in [6, 6.07) is 16.3. The first-order valence-electron chi connectivity index (χ1n) is 6.47. The number of nitriles is 1. The largest absolute Gasteiger partial charge is 0.473 e. The van der Waals surface area contributed by atoms with Crippen LogP contribution in [0.15, 0.2) is 96.5 Å². The molecular weight excluding hydrogens is 312 g/mol. The molecule has 1 heterocycles. The molecule has 6 heteroatoms. The highest BCUT2D eigenvalue weighted by Gasteiger charge is 1.77. The van der Waals surface area contributed by atoms with Crippen molar-refractivity contribution in [3.63, 3.8) is 0 Å². The van der Waals surface area contributed by atoms with Gasteiger partial charge in [-0.05, 0) is 24.3 Å². The Morgan fingerprint density at radius 1 is 0.826 bits per heavy atom. The third kappa shape index (κ3) is 12.4. The van der Waals surface area contributed by atoms with Crippen LogP contribution in [0.25, 0.3) is 0 Å². The summed E-state index contributed by atoms with van der Waals surface area (Å²) in [5, 5.41) is 8.91. The Labute approximate surface area is 141 Å². The van der Waals surface area contributed by atoms with Gasteiger partial charge in [-0.1, -0.05) is 24.3 Å². The quantitative estimate of drug-likeness (QED) is 0.774. The van der Waals surface area contributed by atoms with Crippen LogP contribution in [0.5, 0.6) is 0 Å². The Balaban J connectivity index is 0.00000484. The second-order valence-electron chi connectivity index (χ2n) is 3.66. The summed E-state index contributed by atoms with van der Waals surface area (Å²) in [5.74, 6) is 0. The Bertz CT molecular complexity index is 653. The predicted molar refractivity (Wildman–Crippen MR) is 91.1 cm³/mol. The molecule has 0 fully saturated rings. The van der Waals surface area contributed by atoms with E-state index < -0.39 is 0 Å². The molecular formula is C17H17ClN4O. The van der Waals surface area contributed by atoms with Crippen molar-refractivity contribution >= 4 is 12.4 Å². The first kappa shape index (κ1) is 19.9. The van der Waals surface area contributed by atoms with E-state index in [1.807, 2.05) is 18.2 Å². The lowest BCUT2D eigenvalue weighted by Gasteiger charge is -1.78. The summed E-state index contributed by atoms with van der Waals surface area (Å²) in [7, 11) is 0. The molecule has 1 aromatic rings. The fraction of sp³-hybridized carbons (Fsp3) is 0. The number of nitrogens with zero attached hydrogens (tertiary/aromatic N) is 3. The van der Waals surface area contributed by atoms with E-state index in [0.29, 0.717) is 5.69 Å². The second kappa shape index (κ2) is 15.3. The topological polar surface area (TPSA) is 78.5 Å². The number of aromatic amines is 1. The van der Waals surface area contributed by atoms with Gasteiger partial charge in [0.1, 0.15) is 11.8 Å². The summed E-state index contributed by atoms with van der Waals surface area (Å²) in [6.07, 6.45) is 10.8. The number of halogens is 1. The van der Waals surface area contributed by atoms with Gasteiger partial charge < -0.3 is 9.40 Å². The van der Waals surface area contributed by atoms with Crippen LogP contribution in [0.2, 0.25) is 0 Å². The standard InChI is InChI=1S/C17H16N4O.ClH/c18-15-17-16-20-12-11-19-9-5-1-3-7-13-22-14-8-4-2-6-10-21-17;/h1-14,16,21H;1H. The van der Waals surface area contributed by atoms with Crippen molar-refractivity contribution in [2.45, 2.75) is 0 Å². The third-order valence-corrected chi connectivity index (χ3v) is 2.05. The van der Waals surface area contributed by atoms with Crippen LogP contribution in [-0.4, -0.2) is 15.0 Å². The summed E-state index contributed by atoms with van der Waals surface area (Å²) >= 11 is 0. The molecule has 0 saturated carbocycles. The van der Waals surface area contributed by atoms with Gasteiger partial charge >= 0.3 is 0 Å². The van der Waals surface area contributed by atoms with Crippen LogP contribution < -0.4 is 0 Å². The van der Waals surface area contributed by atoms with Crippen molar-refractivity contribution in [1.82, 2.24) is 15.0 Å². The van der Waals surface area contributed by atoms with Gasteiger partial charge in [0.05, 0.1) is 18.7 Å². The summed E-state index contributed by atoms with van der Waals surface area (Å²) in [5.41, 5.74) is 0.325. The molecule has 0 aliphatic heterocycles. The molecule has 1 N–H and O–H groups in total. The van der Waals surface area contributed by atoms with Crippen LogP contribution >= 0.6 is 12.4 Å². The second-order valence-corrected chi connectivity index (χ2v) is 3.66. The monoisotopic (exact) mass is 328 g/mol. The summed E-state index contributed by atoms with van der Waals surface area (Å²) in [6.45, 7) is 0. The average molecular weight is 329 g/mol. The third-order valence-electron chi connectivity index (χ3n) is 2.05. The van der Waals surface area contributed by atoms with Gasteiger partial charge in [0.2, 0.25) is 0 Å². The van der Waals surface area contributed by atoms with Gasteiger partial charge in [0.25, 0.3) is 0 Å². The highest BCUT2D eigenvalue weighted by molar-refractivity contribution is 5.85. The molecule has 0 radical (unpaired) electrons. The number of rotatable bonds is 0. The maximum Gasteiger partial charge on any atom is 0.136 e. The van der Waals surface area contributed by atoms with Crippen LogP contribution in [0.4, 0.5) is 0 Å². The number of nitrogens with one attached hydrogen (secondary N) is 1. The molecule has 0 atom stereocenters. The number of aromatic nitrogens is 3. The SMILES string of the molecule is Cl.N#Cc1cnccnccccccocccccc[nH]1. The molecule has 5 nitrogen and oxygen atoms in total. The summed E-state index contributed by atoms with van der Waals surface area (Å²) in [4.78, 5) is 10.7. The van der Waals surface area contributed by atoms with E-state index in [4.69, 9.17) is 9.68 Å². The van der Waals surface area contributed by atoms with E-state index in [-0.39, 0.29) is 12.4 Å². The van der Waals surface area contributed by atoms with E-state index in [1.54, 1.807) is 61.3 Å². The lowest BCUT2D eigenvalue weighted by atomic mass is 10.5. The first-order chi connectivity index (χ1) is 10.9. The normalized spacial score (nSPS) is 7.61. The van der Waals surface area contributed by atoms with Crippen molar-refractivity contribution in [3.8, 4) is 6.07 Å². The zero-order valence-electron chi connectivity index (χ0n) is 12.3. The average Bonchev–Trinajstić information content (AvgIpc) is 2.54. The van der Waals surface area contributed by atoms with Crippen molar-refractivity contribution in [2.24, 2.45) is 0 Å². The van der Waals surface area contributed by atoms with Gasteiger partial charge in [-0.2, -0.15) is 5.26 Å². The number of hydrogen-bond acceptors (Lipinski definition) is 4. The van der Waals surface area contributed by atoms with Crippen molar-refractivity contribution < 1.29 is 4.42 Å². The molecule has 118 valence electrons. The zero-order valence-corrected chi connectivity index (χ0v) is 13.1. The minimum Gasteiger partial charge on any atom is -0.473 e. The molecule has 0 aliphatic rings. The highest BCUT2D eigenvalue weighted by Crippen LogP contribution is 1.81. The fourth-order valence-corrected chi connectivity index (χ4v) is 1.12. The van der Waals surface area contributed by atoms with Crippen LogP contribution in [0.1, 0.15) is 5.69 Å². The number of hydrogen-bond donors (Lipinski definition) is 1. The first-order valence-corrected chi connectivity index (χ1v) is 6.47. The van der Waals surface area contributed by atoms with Crippen molar-refractivity contribution in [2.75, 3.05) is 0 Å². The van der Waals surface area contributed by atoms with Crippen molar-refractivity contribution in [1.29, 1.82) is 5.26 Å². The van der Waals surface area contributed by atoms with E-state index in [1.165, 1.54) is 18.6 Å². The van der Waals surface area contributed by atoms with Crippen LogP contribution in [0, 0.1) is 11.3 Å². The smallest absolute Gasteiger partial charge is 0.136 e. The molecule has 0 spiro atoms. The zero-order chi connectivity index (χ0) is 15.7. The van der Waals surface area contributed by atoms with Gasteiger partial charge in [0, 0.05) is 24.8 Å². The number of H-pyrrole nitrogens is 1. The minimum absolute atomic E-state index is 0. The summed E-state index contributed by atoms with van der Waals surface area (Å²) < 4.78 is 5.12. The van der Waals surface area contributed by atoms with E-state index in [9.17, 15) is 0 Å². The van der Waals surface area contributed by atoms with E-state index in [2.05, 4.69) is 15.0 Å². The van der Waals surface area contributed by atoms with Crippen molar-refractivity contribution in [3.05, 3.63) is 97.7 Å². The Hall–Kier alpha value is -3.10. The lowest BCUT2D eigenvalue weighted by molar-refractivity contribution is 0.554. The molecule has 1 aromatic heterocycles. The Kier molecular flexibility index (Phi) is 13.2. The fourth-order valence-electron chi connectivity index (χ4n) is 1.12. The van der Waals surface area contributed by atoms with Crippen LogP contribution in [0.3, 0.4) is 0 Å². The highest BCUT2D eigenvalue weighted by atomic mass is 35.5. The Morgan fingerprint density at radius 2 is 1.48 bits per heavy atom.